The maximum Gasteiger partial charge on any atom is 0.150 e. The fraction of sp³-hybridized carbons (Fsp3) is 0.381. The van der Waals surface area contributed by atoms with Crippen LogP contribution in [0.1, 0.15) is 62.9 Å². The highest BCUT2D eigenvalue weighted by Gasteiger charge is 2.01. The minimum Gasteiger partial charge on any atom is -0.508 e. The van der Waals surface area contributed by atoms with Gasteiger partial charge in [0.05, 0.1) is 0 Å². The first-order valence-electron chi connectivity index (χ1n) is 8.47. The molecule has 0 radical (unpaired) electrons. The van der Waals surface area contributed by atoms with Crippen LogP contribution in [0.3, 0.4) is 0 Å². The highest BCUT2D eigenvalue weighted by Crippen LogP contribution is 2.23. The first-order valence-corrected chi connectivity index (χ1v) is 8.47. The molecule has 0 aliphatic rings. The smallest absolute Gasteiger partial charge is 0.150 e. The number of carbonyl (C=O) groups is 1. The number of benzene rings is 2. The molecule has 0 aliphatic heterocycles. The van der Waals surface area contributed by atoms with Crippen molar-refractivity contribution in [2.75, 3.05) is 0 Å². The van der Waals surface area contributed by atoms with E-state index in [2.05, 4.69) is 13.8 Å². The quantitative estimate of drug-likeness (QED) is 0.663. The van der Waals surface area contributed by atoms with E-state index in [9.17, 15) is 9.90 Å². The Kier molecular flexibility index (Phi) is 11.3. The summed E-state index contributed by atoms with van der Waals surface area (Å²) in [7, 11) is 0. The second-order valence-electron chi connectivity index (χ2n) is 5.09. The number of rotatable bonds is 4. The van der Waals surface area contributed by atoms with E-state index in [0.717, 1.165) is 23.0 Å². The maximum atomic E-state index is 10.7. The van der Waals surface area contributed by atoms with Crippen molar-refractivity contribution < 1.29 is 9.90 Å². The van der Waals surface area contributed by atoms with Gasteiger partial charge in [0, 0.05) is 5.56 Å². The van der Waals surface area contributed by atoms with E-state index in [1.807, 2.05) is 51.1 Å². The fourth-order valence-corrected chi connectivity index (χ4v) is 1.99. The predicted octanol–water partition coefficient (Wildman–Crippen LogP) is 6.40. The number of phenolic OH excluding ortho intramolecular Hbond substituents is 1. The van der Waals surface area contributed by atoms with Crippen LogP contribution in [0.25, 0.3) is 11.1 Å². The Bertz CT molecular complexity index is 555. The van der Waals surface area contributed by atoms with Crippen LogP contribution in [0.4, 0.5) is 0 Å². The number of hydrogen-bond donors (Lipinski definition) is 1. The average molecular weight is 314 g/mol. The molecule has 0 heterocycles. The SMILES string of the molecule is CC.CCCCC.Cc1cc(-c2ccc(O)cc2)ccc1C=O. The van der Waals surface area contributed by atoms with Gasteiger partial charge in [0.1, 0.15) is 12.0 Å². The Morgan fingerprint density at radius 2 is 1.43 bits per heavy atom. The third-order valence-electron chi connectivity index (χ3n) is 3.30. The Morgan fingerprint density at radius 1 is 0.913 bits per heavy atom. The summed E-state index contributed by atoms with van der Waals surface area (Å²) < 4.78 is 0. The van der Waals surface area contributed by atoms with Crippen LogP contribution in [-0.4, -0.2) is 11.4 Å². The molecule has 0 atom stereocenters. The molecule has 0 aromatic heterocycles. The summed E-state index contributed by atoms with van der Waals surface area (Å²) in [6.45, 7) is 10.3. The zero-order chi connectivity index (χ0) is 17.7. The largest absolute Gasteiger partial charge is 0.508 e. The van der Waals surface area contributed by atoms with Gasteiger partial charge in [-0.05, 0) is 35.7 Å². The predicted molar refractivity (Wildman–Crippen MR) is 100 cm³/mol. The van der Waals surface area contributed by atoms with E-state index in [4.69, 9.17) is 0 Å². The van der Waals surface area contributed by atoms with Crippen molar-refractivity contribution in [3.05, 3.63) is 53.6 Å². The normalized spacial score (nSPS) is 9.09. The van der Waals surface area contributed by atoms with Gasteiger partial charge in [-0.3, -0.25) is 4.79 Å². The second-order valence-corrected chi connectivity index (χ2v) is 5.09. The van der Waals surface area contributed by atoms with Gasteiger partial charge in [-0.1, -0.05) is 77.3 Å². The van der Waals surface area contributed by atoms with Crippen LogP contribution in [0.2, 0.25) is 0 Å². The van der Waals surface area contributed by atoms with Crippen molar-refractivity contribution in [3.8, 4) is 16.9 Å². The lowest BCUT2D eigenvalue weighted by Crippen LogP contribution is -1.87. The molecule has 0 fully saturated rings. The summed E-state index contributed by atoms with van der Waals surface area (Å²) in [6.07, 6.45) is 4.93. The Labute approximate surface area is 141 Å². The van der Waals surface area contributed by atoms with Gasteiger partial charge in [-0.2, -0.15) is 0 Å². The lowest BCUT2D eigenvalue weighted by atomic mass is 10.0. The molecule has 0 amide bonds. The zero-order valence-corrected chi connectivity index (χ0v) is 15.1. The highest BCUT2D eigenvalue weighted by atomic mass is 16.3. The van der Waals surface area contributed by atoms with Gasteiger partial charge < -0.3 is 5.11 Å². The summed E-state index contributed by atoms with van der Waals surface area (Å²) in [5, 5.41) is 9.19. The van der Waals surface area contributed by atoms with Crippen molar-refractivity contribution >= 4 is 6.29 Å². The van der Waals surface area contributed by atoms with Crippen LogP contribution in [0.15, 0.2) is 42.5 Å². The standard InChI is InChI=1S/C14H12O2.C5H12.C2H6/c1-10-8-12(2-3-13(10)9-15)11-4-6-14(16)7-5-11;1-3-5-4-2;1-2/h2-9,16H,1H3;3-5H2,1-2H3;1-2H3. The summed E-state index contributed by atoms with van der Waals surface area (Å²) in [5.74, 6) is 0.255. The minimum absolute atomic E-state index is 0.255. The molecule has 0 aliphatic carbocycles. The molecule has 0 spiro atoms. The summed E-state index contributed by atoms with van der Waals surface area (Å²) in [6, 6.07) is 12.7. The van der Waals surface area contributed by atoms with E-state index < -0.39 is 0 Å². The van der Waals surface area contributed by atoms with Gasteiger partial charge in [0.2, 0.25) is 0 Å². The number of phenols is 1. The molecule has 2 aromatic carbocycles. The van der Waals surface area contributed by atoms with Gasteiger partial charge in [0.15, 0.2) is 0 Å². The third-order valence-corrected chi connectivity index (χ3v) is 3.30. The second kappa shape index (κ2) is 12.5. The van der Waals surface area contributed by atoms with Crippen molar-refractivity contribution in [1.29, 1.82) is 0 Å². The van der Waals surface area contributed by atoms with Crippen molar-refractivity contribution in [1.82, 2.24) is 0 Å². The lowest BCUT2D eigenvalue weighted by molar-refractivity contribution is 0.112. The van der Waals surface area contributed by atoms with E-state index in [-0.39, 0.29) is 5.75 Å². The van der Waals surface area contributed by atoms with Crippen LogP contribution < -0.4 is 0 Å². The molecule has 0 saturated carbocycles. The molecule has 2 rings (SSSR count). The van der Waals surface area contributed by atoms with Crippen molar-refractivity contribution in [2.24, 2.45) is 0 Å². The maximum absolute atomic E-state index is 10.7. The molecule has 0 saturated heterocycles. The van der Waals surface area contributed by atoms with Crippen molar-refractivity contribution in [3.63, 3.8) is 0 Å². The molecule has 2 heteroatoms. The fourth-order valence-electron chi connectivity index (χ4n) is 1.99. The zero-order valence-electron chi connectivity index (χ0n) is 15.1. The first kappa shape index (κ1) is 20.9. The van der Waals surface area contributed by atoms with Gasteiger partial charge >= 0.3 is 0 Å². The van der Waals surface area contributed by atoms with E-state index >= 15 is 0 Å². The minimum atomic E-state index is 0.255. The number of aromatic hydroxyl groups is 1. The number of aldehydes is 1. The lowest BCUT2D eigenvalue weighted by Gasteiger charge is -2.05. The summed E-state index contributed by atoms with van der Waals surface area (Å²) in [5.41, 5.74) is 3.74. The van der Waals surface area contributed by atoms with E-state index in [0.29, 0.717) is 5.56 Å². The molecule has 126 valence electrons. The molecule has 1 N–H and O–H groups in total. The van der Waals surface area contributed by atoms with Crippen molar-refractivity contribution in [2.45, 2.75) is 53.9 Å². The van der Waals surface area contributed by atoms with Crippen LogP contribution in [0, 0.1) is 6.92 Å². The Morgan fingerprint density at radius 3 is 1.83 bits per heavy atom. The van der Waals surface area contributed by atoms with Crippen LogP contribution >= 0.6 is 0 Å². The molecule has 23 heavy (non-hydrogen) atoms. The third kappa shape index (κ3) is 7.64. The van der Waals surface area contributed by atoms with Crippen LogP contribution in [-0.2, 0) is 0 Å². The van der Waals surface area contributed by atoms with Gasteiger partial charge in [0.25, 0.3) is 0 Å². The topological polar surface area (TPSA) is 37.3 Å². The Hall–Kier alpha value is -2.09. The molecule has 2 nitrogen and oxygen atoms in total. The molecule has 0 bridgehead atoms. The van der Waals surface area contributed by atoms with Gasteiger partial charge in [-0.15, -0.1) is 0 Å². The summed E-state index contributed by atoms with van der Waals surface area (Å²) >= 11 is 0. The monoisotopic (exact) mass is 314 g/mol. The highest BCUT2D eigenvalue weighted by molar-refractivity contribution is 5.79. The van der Waals surface area contributed by atoms with Gasteiger partial charge in [-0.25, -0.2) is 0 Å². The number of carbonyl (C=O) groups excluding carboxylic acids is 1. The van der Waals surface area contributed by atoms with E-state index in [1.165, 1.54) is 19.3 Å². The number of hydrogen-bond acceptors (Lipinski definition) is 2. The molecular formula is C21H30O2. The van der Waals surface area contributed by atoms with Crippen LogP contribution in [0.5, 0.6) is 5.75 Å². The number of aryl methyl sites for hydroxylation is 1. The Balaban J connectivity index is 0.000000594. The molecule has 2 aromatic rings. The summed E-state index contributed by atoms with van der Waals surface area (Å²) in [4.78, 5) is 10.7. The molecule has 0 unspecified atom stereocenters. The molecular weight excluding hydrogens is 284 g/mol. The first-order chi connectivity index (χ1) is 11.1. The van der Waals surface area contributed by atoms with E-state index in [1.54, 1.807) is 12.1 Å². The number of unbranched alkanes of at least 4 members (excludes halogenated alkanes) is 2. The average Bonchev–Trinajstić information content (AvgIpc) is 2.58.